The van der Waals surface area contributed by atoms with Crippen molar-refractivity contribution in [2.24, 2.45) is 0 Å². The van der Waals surface area contributed by atoms with E-state index in [9.17, 15) is 0 Å². The minimum Gasteiger partial charge on any atom is -0.470 e. The van der Waals surface area contributed by atoms with Crippen LogP contribution in [0.4, 0.5) is 0 Å². The zero-order valence-electron chi connectivity index (χ0n) is 7.80. The molecule has 3 nitrogen and oxygen atoms in total. The van der Waals surface area contributed by atoms with E-state index < -0.39 is 0 Å². The monoisotopic (exact) mass is 206 g/mol. The lowest BCUT2D eigenvalue weighted by Crippen LogP contribution is -1.96. The summed E-state index contributed by atoms with van der Waals surface area (Å²) in [5.74, 6) is 0.653. The van der Waals surface area contributed by atoms with Crippen LogP contribution >= 0.6 is 11.3 Å². The molecule has 4 heteroatoms. The summed E-state index contributed by atoms with van der Waals surface area (Å²) in [4.78, 5) is 8.35. The molecule has 0 saturated carbocycles. The van der Waals surface area contributed by atoms with Gasteiger partial charge in [-0.25, -0.2) is 9.97 Å². The molecule has 72 valence electrons. The van der Waals surface area contributed by atoms with Gasteiger partial charge in [-0.1, -0.05) is 6.07 Å². The van der Waals surface area contributed by atoms with Crippen molar-refractivity contribution in [3.8, 4) is 5.88 Å². The predicted octanol–water partition coefficient (Wildman–Crippen LogP) is 2.43. The maximum Gasteiger partial charge on any atom is 0.213 e. The Morgan fingerprint density at radius 3 is 3.07 bits per heavy atom. The summed E-state index contributed by atoms with van der Waals surface area (Å²) in [6, 6.07) is 5.72. The van der Waals surface area contributed by atoms with Gasteiger partial charge in [0.25, 0.3) is 0 Å². The van der Waals surface area contributed by atoms with Gasteiger partial charge < -0.3 is 4.74 Å². The smallest absolute Gasteiger partial charge is 0.213 e. The summed E-state index contributed by atoms with van der Waals surface area (Å²) in [6.07, 6.45) is 1.77. The number of aromatic nitrogens is 2. The Morgan fingerprint density at radius 2 is 2.36 bits per heavy atom. The van der Waals surface area contributed by atoms with Crippen molar-refractivity contribution >= 4 is 11.3 Å². The van der Waals surface area contributed by atoms with Gasteiger partial charge in [0, 0.05) is 23.3 Å². The quantitative estimate of drug-likeness (QED) is 0.773. The highest BCUT2D eigenvalue weighted by atomic mass is 32.1. The minimum atomic E-state index is 0.494. The van der Waals surface area contributed by atoms with Crippen LogP contribution in [-0.4, -0.2) is 9.97 Å². The van der Waals surface area contributed by atoms with Gasteiger partial charge in [-0.05, 0) is 13.0 Å². The van der Waals surface area contributed by atoms with Crippen LogP contribution in [0.15, 0.2) is 29.8 Å². The molecule has 0 aliphatic carbocycles. The fraction of sp³-hybridized carbons (Fsp3) is 0.200. The second-order valence-corrected chi connectivity index (χ2v) is 3.81. The van der Waals surface area contributed by atoms with Crippen LogP contribution in [-0.2, 0) is 6.61 Å². The molecule has 14 heavy (non-hydrogen) atoms. The third kappa shape index (κ3) is 2.29. The average Bonchev–Trinajstić information content (AvgIpc) is 2.67. The van der Waals surface area contributed by atoms with Crippen LogP contribution < -0.4 is 4.74 Å². The summed E-state index contributed by atoms with van der Waals surface area (Å²) in [7, 11) is 0. The number of hydrogen-bond acceptors (Lipinski definition) is 4. The van der Waals surface area contributed by atoms with Crippen molar-refractivity contribution in [3.63, 3.8) is 0 Å². The number of thiazole rings is 1. The fourth-order valence-corrected chi connectivity index (χ4v) is 1.59. The first-order valence-corrected chi connectivity index (χ1v) is 5.17. The molecular formula is C10H10N2OS. The van der Waals surface area contributed by atoms with Crippen LogP contribution in [0.3, 0.4) is 0 Å². The molecule has 0 unspecified atom stereocenters. The van der Waals surface area contributed by atoms with Gasteiger partial charge in [0.2, 0.25) is 5.88 Å². The van der Waals surface area contributed by atoms with Gasteiger partial charge in [0.15, 0.2) is 0 Å². The Kier molecular flexibility index (Phi) is 2.74. The summed E-state index contributed by atoms with van der Waals surface area (Å²) >= 11 is 1.58. The first-order valence-electron chi connectivity index (χ1n) is 4.29. The normalized spacial score (nSPS) is 10.1. The highest BCUT2D eigenvalue weighted by Crippen LogP contribution is 2.11. The van der Waals surface area contributed by atoms with Crippen molar-refractivity contribution in [1.82, 2.24) is 9.97 Å². The van der Waals surface area contributed by atoms with Crippen molar-refractivity contribution in [3.05, 3.63) is 40.5 Å². The SMILES string of the molecule is Cc1cccc(OCc2nccs2)n1. The third-order valence-electron chi connectivity index (χ3n) is 1.69. The molecule has 2 aromatic heterocycles. The molecular weight excluding hydrogens is 196 g/mol. The molecule has 0 aliphatic heterocycles. The van der Waals surface area contributed by atoms with E-state index in [4.69, 9.17) is 4.74 Å². The number of pyridine rings is 1. The first-order chi connectivity index (χ1) is 6.84. The van der Waals surface area contributed by atoms with Crippen molar-refractivity contribution in [2.75, 3.05) is 0 Å². The van der Waals surface area contributed by atoms with Gasteiger partial charge in [-0.3, -0.25) is 0 Å². The number of aryl methyl sites for hydroxylation is 1. The van der Waals surface area contributed by atoms with Crippen LogP contribution in [0.1, 0.15) is 10.7 Å². The number of rotatable bonds is 3. The van der Waals surface area contributed by atoms with E-state index in [1.54, 1.807) is 17.5 Å². The van der Waals surface area contributed by atoms with E-state index >= 15 is 0 Å². The molecule has 0 atom stereocenters. The van der Waals surface area contributed by atoms with Gasteiger partial charge in [0.05, 0.1) is 0 Å². The van der Waals surface area contributed by atoms with Crippen molar-refractivity contribution in [2.45, 2.75) is 13.5 Å². The Balaban J connectivity index is 1.98. The van der Waals surface area contributed by atoms with Crippen molar-refractivity contribution in [1.29, 1.82) is 0 Å². The molecule has 0 aliphatic rings. The Bertz CT molecular complexity index is 400. The maximum absolute atomic E-state index is 5.47. The largest absolute Gasteiger partial charge is 0.470 e. The molecule has 0 N–H and O–H groups in total. The topological polar surface area (TPSA) is 35.0 Å². The highest BCUT2D eigenvalue weighted by Gasteiger charge is 1.98. The van der Waals surface area contributed by atoms with Crippen LogP contribution in [0, 0.1) is 6.92 Å². The Labute approximate surface area is 86.4 Å². The Morgan fingerprint density at radius 1 is 1.43 bits per heavy atom. The third-order valence-corrected chi connectivity index (χ3v) is 2.44. The molecule has 2 rings (SSSR count). The summed E-state index contributed by atoms with van der Waals surface area (Å²) in [5, 5.41) is 2.90. The predicted molar refractivity (Wildman–Crippen MR) is 55.4 cm³/mol. The zero-order valence-corrected chi connectivity index (χ0v) is 8.62. The molecule has 0 spiro atoms. The van der Waals surface area contributed by atoms with Crippen LogP contribution in [0.25, 0.3) is 0 Å². The molecule has 2 aromatic rings. The summed E-state index contributed by atoms with van der Waals surface area (Å²) < 4.78 is 5.47. The second-order valence-electron chi connectivity index (χ2n) is 2.83. The molecule has 0 radical (unpaired) electrons. The van der Waals surface area contributed by atoms with Gasteiger partial charge in [0.1, 0.15) is 11.6 Å². The average molecular weight is 206 g/mol. The highest BCUT2D eigenvalue weighted by molar-refractivity contribution is 7.09. The standard InChI is InChI=1S/C10H10N2OS/c1-8-3-2-4-9(12-8)13-7-10-11-5-6-14-10/h2-6H,7H2,1H3. The van der Waals surface area contributed by atoms with Gasteiger partial charge in [-0.2, -0.15) is 0 Å². The lowest BCUT2D eigenvalue weighted by atomic mass is 10.4. The number of hydrogen-bond donors (Lipinski definition) is 0. The number of ether oxygens (including phenoxy) is 1. The molecule has 0 fully saturated rings. The van der Waals surface area contributed by atoms with E-state index in [-0.39, 0.29) is 0 Å². The van der Waals surface area contributed by atoms with Gasteiger partial charge >= 0.3 is 0 Å². The Hall–Kier alpha value is -1.42. The lowest BCUT2D eigenvalue weighted by Gasteiger charge is -2.02. The van der Waals surface area contributed by atoms with E-state index in [1.165, 1.54) is 0 Å². The molecule has 0 bridgehead atoms. The summed E-state index contributed by atoms with van der Waals surface area (Å²) in [5.41, 5.74) is 0.960. The summed E-state index contributed by atoms with van der Waals surface area (Å²) in [6.45, 7) is 2.43. The second kappa shape index (κ2) is 4.19. The van der Waals surface area contributed by atoms with E-state index in [0.29, 0.717) is 12.5 Å². The van der Waals surface area contributed by atoms with Crippen molar-refractivity contribution < 1.29 is 4.74 Å². The maximum atomic E-state index is 5.47. The van der Waals surface area contributed by atoms with E-state index in [0.717, 1.165) is 10.7 Å². The van der Waals surface area contributed by atoms with Crippen LogP contribution in [0.2, 0.25) is 0 Å². The molecule has 0 saturated heterocycles. The minimum absolute atomic E-state index is 0.494. The molecule has 0 aromatic carbocycles. The molecule has 0 amide bonds. The lowest BCUT2D eigenvalue weighted by molar-refractivity contribution is 0.293. The van der Waals surface area contributed by atoms with Crippen LogP contribution in [0.5, 0.6) is 5.88 Å². The number of nitrogens with zero attached hydrogens (tertiary/aromatic N) is 2. The van der Waals surface area contributed by atoms with Gasteiger partial charge in [-0.15, -0.1) is 11.3 Å². The van der Waals surface area contributed by atoms with E-state index in [1.807, 2.05) is 30.5 Å². The molecule has 2 heterocycles. The fourth-order valence-electron chi connectivity index (χ4n) is 1.06. The zero-order chi connectivity index (χ0) is 9.80. The van der Waals surface area contributed by atoms with E-state index in [2.05, 4.69) is 9.97 Å². The first kappa shape index (κ1) is 9.15.